The van der Waals surface area contributed by atoms with Gasteiger partial charge in [0.25, 0.3) is 0 Å². The number of rotatable bonds is 28. The molecular formula is C30H54O5. The Kier molecular flexibility index (Phi) is 27.9. The van der Waals surface area contributed by atoms with Crippen molar-refractivity contribution in [1.82, 2.24) is 0 Å². The van der Waals surface area contributed by atoms with Crippen LogP contribution in [0.4, 0.5) is 0 Å². The monoisotopic (exact) mass is 494 g/mol. The van der Waals surface area contributed by atoms with Gasteiger partial charge in [0.15, 0.2) is 12.6 Å². The number of allylic oxidation sites excluding steroid dienone is 2. The van der Waals surface area contributed by atoms with Gasteiger partial charge in [-0.05, 0) is 64.5 Å². The van der Waals surface area contributed by atoms with E-state index < -0.39 is 12.6 Å². The lowest BCUT2D eigenvalue weighted by Crippen LogP contribution is -2.24. The maximum atomic E-state index is 10.3. The molecule has 0 N–H and O–H groups in total. The number of carbonyl (C=O) groups is 2. The first-order valence-corrected chi connectivity index (χ1v) is 14.4. The first-order valence-electron chi connectivity index (χ1n) is 14.4. The van der Waals surface area contributed by atoms with Gasteiger partial charge in [-0.15, -0.1) is 0 Å². The molecule has 2 atom stereocenters. The molecule has 0 aliphatic heterocycles. The van der Waals surface area contributed by atoms with E-state index in [1.54, 1.807) is 0 Å². The average Bonchev–Trinajstić information content (AvgIpc) is 2.86. The zero-order valence-corrected chi connectivity index (χ0v) is 22.8. The maximum absolute atomic E-state index is 10.3. The molecule has 2 unspecified atom stereocenters. The van der Waals surface area contributed by atoms with Crippen molar-refractivity contribution in [2.24, 2.45) is 0 Å². The zero-order chi connectivity index (χ0) is 25.7. The Labute approximate surface area is 216 Å². The SMILES string of the molecule is CCOC(C=CCCCCCCCCCC=O)OC(C=CCCCCCCCCCC=O)OCC. The minimum atomic E-state index is -0.391. The normalized spacial score (nSPS) is 13.5. The fraction of sp³-hybridized carbons (Fsp3) is 0.800. The molecule has 0 rings (SSSR count). The van der Waals surface area contributed by atoms with Crippen LogP contribution < -0.4 is 0 Å². The molecule has 0 bridgehead atoms. The van der Waals surface area contributed by atoms with E-state index >= 15 is 0 Å². The van der Waals surface area contributed by atoms with Crippen molar-refractivity contribution < 1.29 is 23.8 Å². The summed E-state index contributed by atoms with van der Waals surface area (Å²) in [5.74, 6) is 0. The summed E-state index contributed by atoms with van der Waals surface area (Å²) in [5.41, 5.74) is 0. The second kappa shape index (κ2) is 28.9. The van der Waals surface area contributed by atoms with E-state index in [0.717, 1.165) is 38.3 Å². The Hall–Kier alpha value is -1.30. The summed E-state index contributed by atoms with van der Waals surface area (Å²) < 4.78 is 17.5. The molecule has 0 saturated heterocycles. The van der Waals surface area contributed by atoms with Gasteiger partial charge in [-0.25, -0.2) is 0 Å². The van der Waals surface area contributed by atoms with Gasteiger partial charge in [-0.2, -0.15) is 0 Å². The molecule has 0 amide bonds. The molecule has 0 radical (unpaired) electrons. The number of ether oxygens (including phenoxy) is 3. The molecule has 0 heterocycles. The van der Waals surface area contributed by atoms with Gasteiger partial charge in [0.2, 0.25) is 0 Å². The van der Waals surface area contributed by atoms with Gasteiger partial charge in [-0.3, -0.25) is 0 Å². The Morgan fingerprint density at radius 2 is 0.800 bits per heavy atom. The van der Waals surface area contributed by atoms with Crippen molar-refractivity contribution in [3.63, 3.8) is 0 Å². The van der Waals surface area contributed by atoms with Crippen LogP contribution in [0.3, 0.4) is 0 Å². The van der Waals surface area contributed by atoms with Gasteiger partial charge < -0.3 is 23.8 Å². The Balaban J connectivity index is 4.04. The summed E-state index contributed by atoms with van der Waals surface area (Å²) in [6, 6.07) is 0. The highest BCUT2D eigenvalue weighted by atomic mass is 16.8. The van der Waals surface area contributed by atoms with Crippen molar-refractivity contribution in [2.45, 2.75) is 142 Å². The standard InChI is InChI=1S/C30H54O5/c1-3-33-29(25-21-17-13-9-5-7-11-15-19-23-27-31)35-30(34-4-2)26-22-18-14-10-6-8-12-16-20-24-28-32/h21-22,25-30H,3-20,23-24H2,1-2H3. The summed E-state index contributed by atoms with van der Waals surface area (Å²) >= 11 is 0. The Morgan fingerprint density at radius 1 is 0.486 bits per heavy atom. The van der Waals surface area contributed by atoms with E-state index in [1.807, 2.05) is 26.0 Å². The van der Waals surface area contributed by atoms with Gasteiger partial charge in [-0.1, -0.05) is 76.4 Å². The molecule has 0 aliphatic carbocycles. The average molecular weight is 495 g/mol. The highest BCUT2D eigenvalue weighted by Crippen LogP contribution is 2.13. The van der Waals surface area contributed by atoms with Crippen molar-refractivity contribution in [3.05, 3.63) is 24.3 Å². The van der Waals surface area contributed by atoms with Crippen LogP contribution in [0.5, 0.6) is 0 Å². The molecule has 5 heteroatoms. The predicted octanol–water partition coefficient (Wildman–Crippen LogP) is 8.26. The van der Waals surface area contributed by atoms with Crippen molar-refractivity contribution in [1.29, 1.82) is 0 Å². The van der Waals surface area contributed by atoms with Crippen molar-refractivity contribution in [2.75, 3.05) is 13.2 Å². The van der Waals surface area contributed by atoms with Crippen LogP contribution in [0.25, 0.3) is 0 Å². The van der Waals surface area contributed by atoms with Crippen LogP contribution in [0.15, 0.2) is 24.3 Å². The van der Waals surface area contributed by atoms with Gasteiger partial charge in [0, 0.05) is 26.1 Å². The topological polar surface area (TPSA) is 61.8 Å². The summed E-state index contributed by atoms with van der Waals surface area (Å²) in [6.07, 6.45) is 29.9. The van der Waals surface area contributed by atoms with Gasteiger partial charge >= 0.3 is 0 Å². The van der Waals surface area contributed by atoms with Crippen LogP contribution in [-0.4, -0.2) is 38.4 Å². The molecule has 0 spiro atoms. The lowest BCUT2D eigenvalue weighted by molar-refractivity contribution is -0.204. The summed E-state index contributed by atoms with van der Waals surface area (Å²) in [5, 5.41) is 0. The second-order valence-corrected chi connectivity index (χ2v) is 9.08. The van der Waals surface area contributed by atoms with E-state index in [2.05, 4.69) is 12.2 Å². The third kappa shape index (κ3) is 25.6. The highest BCUT2D eigenvalue weighted by molar-refractivity contribution is 5.49. The largest absolute Gasteiger partial charge is 0.349 e. The highest BCUT2D eigenvalue weighted by Gasteiger charge is 2.12. The van der Waals surface area contributed by atoms with Gasteiger partial charge in [0.05, 0.1) is 0 Å². The number of unbranched alkanes of at least 4 members (excludes halogenated alkanes) is 16. The zero-order valence-electron chi connectivity index (χ0n) is 22.8. The third-order valence-corrected chi connectivity index (χ3v) is 5.90. The lowest BCUT2D eigenvalue weighted by atomic mass is 10.1. The number of hydrogen-bond donors (Lipinski definition) is 0. The van der Waals surface area contributed by atoms with E-state index in [9.17, 15) is 9.59 Å². The molecule has 35 heavy (non-hydrogen) atoms. The molecule has 5 nitrogen and oxygen atoms in total. The summed E-state index contributed by atoms with van der Waals surface area (Å²) in [4.78, 5) is 20.6. The first-order chi connectivity index (χ1) is 17.3. The van der Waals surface area contributed by atoms with Crippen LogP contribution >= 0.6 is 0 Å². The smallest absolute Gasteiger partial charge is 0.180 e. The van der Waals surface area contributed by atoms with Crippen LogP contribution in [0.1, 0.15) is 129 Å². The van der Waals surface area contributed by atoms with Gasteiger partial charge in [0.1, 0.15) is 12.6 Å². The minimum absolute atomic E-state index is 0.391. The van der Waals surface area contributed by atoms with Crippen LogP contribution in [0.2, 0.25) is 0 Å². The molecule has 0 aromatic rings. The van der Waals surface area contributed by atoms with E-state index in [4.69, 9.17) is 14.2 Å². The number of carbonyl (C=O) groups excluding carboxylic acids is 2. The summed E-state index contributed by atoms with van der Waals surface area (Å²) in [6.45, 7) is 5.15. The van der Waals surface area contributed by atoms with Crippen molar-refractivity contribution in [3.8, 4) is 0 Å². The lowest BCUT2D eigenvalue weighted by Gasteiger charge is -2.20. The quantitative estimate of drug-likeness (QED) is 0.0474. The van der Waals surface area contributed by atoms with E-state index in [0.29, 0.717) is 26.1 Å². The fourth-order valence-corrected chi connectivity index (χ4v) is 3.90. The minimum Gasteiger partial charge on any atom is -0.349 e. The fourth-order valence-electron chi connectivity index (χ4n) is 3.90. The van der Waals surface area contributed by atoms with E-state index in [-0.39, 0.29) is 0 Å². The third-order valence-electron chi connectivity index (χ3n) is 5.90. The molecule has 0 aromatic carbocycles. The molecule has 0 aliphatic rings. The second-order valence-electron chi connectivity index (χ2n) is 9.08. The molecule has 0 aromatic heterocycles. The molecule has 0 fully saturated rings. The van der Waals surface area contributed by atoms with Crippen LogP contribution in [-0.2, 0) is 23.8 Å². The Morgan fingerprint density at radius 3 is 1.11 bits per heavy atom. The van der Waals surface area contributed by atoms with E-state index in [1.165, 1.54) is 77.0 Å². The molecule has 204 valence electrons. The number of aldehydes is 2. The first kappa shape index (κ1) is 33.7. The maximum Gasteiger partial charge on any atom is 0.180 e. The Bertz CT molecular complexity index is 459. The number of hydrogen-bond acceptors (Lipinski definition) is 5. The molecular weight excluding hydrogens is 440 g/mol. The summed E-state index contributed by atoms with van der Waals surface area (Å²) in [7, 11) is 0. The molecule has 0 saturated carbocycles. The van der Waals surface area contributed by atoms with Crippen LogP contribution in [0, 0.1) is 0 Å². The predicted molar refractivity (Wildman–Crippen MR) is 145 cm³/mol. The van der Waals surface area contributed by atoms with Crippen molar-refractivity contribution >= 4 is 12.6 Å².